The number of carbonyl (C=O) groups is 1. The summed E-state index contributed by atoms with van der Waals surface area (Å²) in [6, 6.07) is 3.52. The van der Waals surface area contributed by atoms with Crippen molar-refractivity contribution in [2.45, 2.75) is 31.6 Å². The molecule has 1 aliphatic rings. The molecule has 1 aliphatic heterocycles. The zero-order chi connectivity index (χ0) is 16.8. The lowest BCUT2D eigenvalue weighted by atomic mass is 10.1. The molecule has 23 heavy (non-hydrogen) atoms. The van der Waals surface area contributed by atoms with Crippen LogP contribution in [-0.2, 0) is 16.1 Å². The summed E-state index contributed by atoms with van der Waals surface area (Å²) in [7, 11) is 4.69. The Bertz CT molecular complexity index is 550. The first kappa shape index (κ1) is 17.4. The number of nitrogens with two attached hydrogens (primary N) is 1. The molecule has 1 aromatic rings. The number of rotatable bonds is 7. The van der Waals surface area contributed by atoms with E-state index in [1.54, 1.807) is 33.5 Å². The molecule has 0 aliphatic carbocycles. The van der Waals surface area contributed by atoms with Gasteiger partial charge in [-0.15, -0.1) is 0 Å². The predicted octanol–water partition coefficient (Wildman–Crippen LogP) is 0.835. The lowest BCUT2D eigenvalue weighted by Crippen LogP contribution is -2.35. The molecule has 0 bridgehead atoms. The maximum atomic E-state index is 12.2. The average molecular weight is 324 g/mol. The van der Waals surface area contributed by atoms with E-state index in [1.165, 1.54) is 0 Å². The molecule has 3 N–H and O–H groups in total. The molecule has 7 nitrogen and oxygen atoms in total. The van der Waals surface area contributed by atoms with Gasteiger partial charge < -0.3 is 30.0 Å². The molecule has 2 rings (SSSR count). The zero-order valence-electron chi connectivity index (χ0n) is 13.8. The molecule has 1 amide bonds. The summed E-state index contributed by atoms with van der Waals surface area (Å²) in [5.41, 5.74) is 6.36. The van der Waals surface area contributed by atoms with Gasteiger partial charge in [0.05, 0.1) is 27.4 Å². The van der Waals surface area contributed by atoms with Crippen molar-refractivity contribution in [3.8, 4) is 17.2 Å². The highest BCUT2D eigenvalue weighted by molar-refractivity contribution is 5.81. The third-order valence-corrected chi connectivity index (χ3v) is 3.90. The molecule has 1 aromatic carbocycles. The Morgan fingerprint density at radius 3 is 2.39 bits per heavy atom. The highest BCUT2D eigenvalue weighted by atomic mass is 16.5. The van der Waals surface area contributed by atoms with E-state index in [-0.39, 0.29) is 12.0 Å². The fourth-order valence-electron chi connectivity index (χ4n) is 2.60. The van der Waals surface area contributed by atoms with Crippen LogP contribution in [0.25, 0.3) is 0 Å². The summed E-state index contributed by atoms with van der Waals surface area (Å²) in [6.45, 7) is 0.753. The van der Waals surface area contributed by atoms with Crippen LogP contribution in [0, 0.1) is 0 Å². The van der Waals surface area contributed by atoms with Crippen molar-refractivity contribution in [3.63, 3.8) is 0 Å². The number of amides is 1. The van der Waals surface area contributed by atoms with E-state index in [9.17, 15) is 4.79 Å². The van der Waals surface area contributed by atoms with Crippen molar-refractivity contribution >= 4 is 5.91 Å². The van der Waals surface area contributed by atoms with Gasteiger partial charge in [-0.1, -0.05) is 0 Å². The molecule has 128 valence electrons. The fourth-order valence-corrected chi connectivity index (χ4v) is 2.60. The number of hydrogen-bond donors (Lipinski definition) is 2. The molecule has 7 heteroatoms. The number of benzene rings is 1. The molecule has 0 saturated carbocycles. The van der Waals surface area contributed by atoms with E-state index in [0.29, 0.717) is 36.8 Å². The Kier molecular flexibility index (Phi) is 6.06. The van der Waals surface area contributed by atoms with Crippen molar-refractivity contribution in [2.75, 3.05) is 27.9 Å². The first-order chi connectivity index (χ1) is 11.1. The molecule has 0 aromatic heterocycles. The van der Waals surface area contributed by atoms with Crippen molar-refractivity contribution < 1.29 is 23.7 Å². The minimum atomic E-state index is -0.435. The van der Waals surface area contributed by atoms with Crippen LogP contribution in [0.1, 0.15) is 18.4 Å². The van der Waals surface area contributed by atoms with Gasteiger partial charge in [0.25, 0.3) is 0 Å². The van der Waals surface area contributed by atoms with E-state index in [1.807, 2.05) is 0 Å². The summed E-state index contributed by atoms with van der Waals surface area (Å²) in [4.78, 5) is 12.2. The van der Waals surface area contributed by atoms with Crippen LogP contribution < -0.4 is 25.3 Å². The summed E-state index contributed by atoms with van der Waals surface area (Å²) >= 11 is 0. The minimum Gasteiger partial charge on any atom is -0.496 e. The second-order valence-corrected chi connectivity index (χ2v) is 5.30. The second-order valence-electron chi connectivity index (χ2n) is 5.30. The minimum absolute atomic E-state index is 0.0265. The highest BCUT2D eigenvalue weighted by Gasteiger charge is 2.29. The van der Waals surface area contributed by atoms with Crippen LogP contribution in [0.4, 0.5) is 0 Å². The Hall–Kier alpha value is -1.99. The fraction of sp³-hybridized carbons (Fsp3) is 0.562. The maximum absolute atomic E-state index is 12.2. The number of nitrogens with one attached hydrogen (secondary N) is 1. The molecule has 0 spiro atoms. The first-order valence-electron chi connectivity index (χ1n) is 7.55. The third-order valence-electron chi connectivity index (χ3n) is 3.90. The van der Waals surface area contributed by atoms with Gasteiger partial charge in [0.2, 0.25) is 5.91 Å². The van der Waals surface area contributed by atoms with Gasteiger partial charge >= 0.3 is 0 Å². The van der Waals surface area contributed by atoms with Crippen LogP contribution in [0.5, 0.6) is 17.2 Å². The first-order valence-corrected chi connectivity index (χ1v) is 7.55. The van der Waals surface area contributed by atoms with E-state index < -0.39 is 6.10 Å². The third kappa shape index (κ3) is 4.05. The predicted molar refractivity (Wildman–Crippen MR) is 84.9 cm³/mol. The summed E-state index contributed by atoms with van der Waals surface area (Å²) in [5, 5.41) is 2.87. The highest BCUT2D eigenvalue weighted by Crippen LogP contribution is 2.34. The number of carbonyl (C=O) groups excluding carboxylic acids is 1. The number of hydrogen-bond acceptors (Lipinski definition) is 6. The largest absolute Gasteiger partial charge is 0.496 e. The molecule has 1 heterocycles. The number of methoxy groups -OCH3 is 3. The van der Waals surface area contributed by atoms with E-state index >= 15 is 0 Å². The Balaban J connectivity index is 2.03. The van der Waals surface area contributed by atoms with Crippen molar-refractivity contribution in [1.82, 2.24) is 5.32 Å². The molecule has 1 fully saturated rings. The Morgan fingerprint density at radius 2 is 1.83 bits per heavy atom. The molecule has 2 atom stereocenters. The average Bonchev–Trinajstić information content (AvgIpc) is 3.07. The van der Waals surface area contributed by atoms with Crippen molar-refractivity contribution in [1.29, 1.82) is 0 Å². The van der Waals surface area contributed by atoms with Gasteiger partial charge in [0.1, 0.15) is 11.9 Å². The second kappa shape index (κ2) is 8.03. The monoisotopic (exact) mass is 324 g/mol. The quantitative estimate of drug-likeness (QED) is 0.772. The number of ether oxygens (including phenoxy) is 4. The van der Waals surface area contributed by atoms with E-state index in [0.717, 1.165) is 12.0 Å². The van der Waals surface area contributed by atoms with Gasteiger partial charge in [0.15, 0.2) is 11.5 Å². The van der Waals surface area contributed by atoms with Crippen LogP contribution >= 0.6 is 0 Å². The Morgan fingerprint density at radius 1 is 1.17 bits per heavy atom. The van der Waals surface area contributed by atoms with Crippen molar-refractivity contribution in [2.24, 2.45) is 5.73 Å². The molecular formula is C16H24N2O5. The van der Waals surface area contributed by atoms with Gasteiger partial charge in [-0.25, -0.2) is 0 Å². The Labute approximate surface area is 136 Å². The van der Waals surface area contributed by atoms with Crippen LogP contribution in [0.2, 0.25) is 0 Å². The summed E-state index contributed by atoms with van der Waals surface area (Å²) in [6.07, 6.45) is 1.04. The summed E-state index contributed by atoms with van der Waals surface area (Å²) in [5.74, 6) is 1.63. The van der Waals surface area contributed by atoms with Crippen LogP contribution in [0.15, 0.2) is 12.1 Å². The topological polar surface area (TPSA) is 92.0 Å². The molecule has 0 unspecified atom stereocenters. The van der Waals surface area contributed by atoms with Crippen molar-refractivity contribution in [3.05, 3.63) is 17.7 Å². The van der Waals surface area contributed by atoms with Gasteiger partial charge in [-0.3, -0.25) is 4.79 Å². The van der Waals surface area contributed by atoms with Gasteiger partial charge in [-0.05, 0) is 18.9 Å². The lowest BCUT2D eigenvalue weighted by Gasteiger charge is -2.16. The molecular weight excluding hydrogens is 300 g/mol. The normalized spacial score (nSPS) is 20.2. The van der Waals surface area contributed by atoms with E-state index in [2.05, 4.69) is 5.32 Å². The molecule has 1 saturated heterocycles. The van der Waals surface area contributed by atoms with E-state index in [4.69, 9.17) is 24.7 Å². The van der Waals surface area contributed by atoms with Gasteiger partial charge in [-0.2, -0.15) is 0 Å². The zero-order valence-corrected chi connectivity index (χ0v) is 13.8. The smallest absolute Gasteiger partial charge is 0.249 e. The standard InChI is InChI=1S/C16H24N2O5/c1-20-13-7-15(22-3)14(21-2)6-10(13)9-18-16(19)12-5-4-11(8-17)23-12/h6-7,11-12H,4-5,8-9,17H2,1-3H3,(H,18,19)/t11-,12+/m1/s1. The maximum Gasteiger partial charge on any atom is 0.249 e. The van der Waals surface area contributed by atoms with Crippen LogP contribution in [0.3, 0.4) is 0 Å². The lowest BCUT2D eigenvalue weighted by molar-refractivity contribution is -0.132. The SMILES string of the molecule is COc1cc(OC)c(OC)cc1CNC(=O)[C@@H]1CC[C@H](CN)O1. The molecule has 0 radical (unpaired) electrons. The van der Waals surface area contributed by atoms with Gasteiger partial charge in [0, 0.05) is 24.7 Å². The summed E-state index contributed by atoms with van der Waals surface area (Å²) < 4.78 is 21.5. The van der Waals surface area contributed by atoms with Crippen LogP contribution in [-0.4, -0.2) is 46.0 Å².